The van der Waals surface area contributed by atoms with Crippen LogP contribution < -0.4 is 5.32 Å². The van der Waals surface area contributed by atoms with E-state index in [1.807, 2.05) is 53.3 Å². The van der Waals surface area contributed by atoms with Gasteiger partial charge < -0.3 is 5.32 Å². The van der Waals surface area contributed by atoms with Gasteiger partial charge in [0, 0.05) is 9.93 Å². The topological polar surface area (TPSA) is 24.4 Å². The van der Waals surface area contributed by atoms with Crippen molar-refractivity contribution >= 4 is 62.5 Å². The lowest BCUT2D eigenvalue weighted by Crippen LogP contribution is -2.20. The lowest BCUT2D eigenvalue weighted by molar-refractivity contribution is 1.41. The molecule has 2 aliphatic heterocycles. The Labute approximate surface area is 143 Å². The molecule has 0 aliphatic carbocycles. The van der Waals surface area contributed by atoms with Crippen LogP contribution in [0.5, 0.6) is 0 Å². The Balaban J connectivity index is 1.52. The molecule has 0 bridgehead atoms. The molecule has 0 saturated heterocycles. The minimum atomic E-state index is 0.0750. The summed E-state index contributed by atoms with van der Waals surface area (Å²) < 4.78 is 0. The molecule has 1 atom stereocenters. The molecule has 0 amide bonds. The van der Waals surface area contributed by atoms with Crippen molar-refractivity contribution in [3.8, 4) is 0 Å². The maximum absolute atomic E-state index is 5.95. The second-order valence-corrected chi connectivity index (χ2v) is 10.8. The molecule has 1 N–H and O–H groups in total. The summed E-state index contributed by atoms with van der Waals surface area (Å²) in [5.74, 6) is 0. The van der Waals surface area contributed by atoms with Crippen molar-refractivity contribution in [1.82, 2.24) is 5.32 Å². The van der Waals surface area contributed by atoms with Crippen LogP contribution in [0.25, 0.3) is 4.91 Å². The first-order valence-electron chi connectivity index (χ1n) is 6.64. The van der Waals surface area contributed by atoms with Gasteiger partial charge in [-0.25, -0.2) is 4.99 Å². The zero-order valence-electron chi connectivity index (χ0n) is 11.3. The molecular weight excluding hydrogens is 352 g/mol. The van der Waals surface area contributed by atoms with Gasteiger partial charge in [-0.3, -0.25) is 0 Å². The van der Waals surface area contributed by atoms with E-state index in [9.17, 15) is 0 Å². The van der Waals surface area contributed by atoms with Gasteiger partial charge in [0.05, 0.1) is 10.7 Å². The van der Waals surface area contributed by atoms with Gasteiger partial charge in [-0.15, -0.1) is 0 Å². The number of rotatable bonds is 2. The third-order valence-electron chi connectivity index (χ3n) is 3.11. The van der Waals surface area contributed by atoms with E-state index < -0.39 is 0 Å². The molecule has 0 fully saturated rings. The van der Waals surface area contributed by atoms with E-state index in [2.05, 4.69) is 28.5 Å². The van der Waals surface area contributed by atoms with Crippen molar-refractivity contribution in [3.05, 3.63) is 71.3 Å². The van der Waals surface area contributed by atoms with Gasteiger partial charge in [-0.1, -0.05) is 52.7 Å². The predicted octanol–water partition coefficient (Wildman–Crippen LogP) is 5.68. The van der Waals surface area contributed by atoms with Crippen molar-refractivity contribution in [3.63, 3.8) is 0 Å². The molecule has 2 aromatic carbocycles. The molecule has 2 heterocycles. The Morgan fingerprint density at radius 2 is 1.73 bits per heavy atom. The van der Waals surface area contributed by atoms with E-state index in [0.717, 1.165) is 15.9 Å². The molecule has 110 valence electrons. The highest BCUT2D eigenvalue weighted by atomic mass is 35.5. The first-order valence-corrected chi connectivity index (χ1v) is 10.9. The highest BCUT2D eigenvalue weighted by Crippen LogP contribution is 2.58. The summed E-state index contributed by atoms with van der Waals surface area (Å²) in [6.45, 7) is 0. The number of amidine groups is 1. The van der Waals surface area contributed by atoms with E-state index in [0.29, 0.717) is 0 Å². The molecule has 2 nitrogen and oxygen atoms in total. The van der Waals surface area contributed by atoms with Gasteiger partial charge in [0.1, 0.15) is 0 Å². The summed E-state index contributed by atoms with van der Waals surface area (Å²) in [4.78, 5) is 7.18. The van der Waals surface area contributed by atoms with Crippen LogP contribution in [-0.4, -0.2) is 10.2 Å². The van der Waals surface area contributed by atoms with E-state index in [-0.39, 0.29) is 8.55 Å². The number of halogens is 1. The summed E-state index contributed by atoms with van der Waals surface area (Å²) >= 11 is 5.95. The molecule has 22 heavy (non-hydrogen) atoms. The van der Waals surface area contributed by atoms with Crippen LogP contribution in [0.3, 0.4) is 0 Å². The Hall–Kier alpha value is -1.14. The van der Waals surface area contributed by atoms with Crippen LogP contribution in [0.1, 0.15) is 5.56 Å². The normalized spacial score (nSPS) is 21.7. The van der Waals surface area contributed by atoms with Crippen molar-refractivity contribution < 1.29 is 0 Å². The first kappa shape index (κ1) is 14.5. The quantitative estimate of drug-likeness (QED) is 0.549. The monoisotopic (exact) mass is 362 g/mol. The third kappa shape index (κ3) is 2.99. The van der Waals surface area contributed by atoms with Crippen LogP contribution in [0.4, 0.5) is 5.69 Å². The lowest BCUT2D eigenvalue weighted by atomic mass is 10.2. The third-order valence-corrected chi connectivity index (χ3v) is 9.35. The molecule has 1 unspecified atom stereocenters. The summed E-state index contributed by atoms with van der Waals surface area (Å²) in [5.41, 5.74) is 2.20. The van der Waals surface area contributed by atoms with Gasteiger partial charge in [-0.2, -0.15) is 0 Å². The minimum Gasteiger partial charge on any atom is -0.328 e. The second kappa shape index (κ2) is 6.16. The largest absolute Gasteiger partial charge is 0.328 e. The number of benzene rings is 2. The van der Waals surface area contributed by atoms with Gasteiger partial charge in [0.15, 0.2) is 5.17 Å². The Kier molecular flexibility index (Phi) is 4.05. The van der Waals surface area contributed by atoms with Gasteiger partial charge in [0.25, 0.3) is 0 Å². The summed E-state index contributed by atoms with van der Waals surface area (Å²) in [5, 5.41) is 5.18. The zero-order valence-corrected chi connectivity index (χ0v) is 14.5. The van der Waals surface area contributed by atoms with Crippen LogP contribution in [0.2, 0.25) is 5.02 Å². The van der Waals surface area contributed by atoms with E-state index in [1.54, 1.807) is 10.8 Å². The Morgan fingerprint density at radius 1 is 0.955 bits per heavy atom. The number of nitrogens with zero attached hydrogens (tertiary/aromatic N) is 1. The van der Waals surface area contributed by atoms with Crippen molar-refractivity contribution in [1.29, 1.82) is 0 Å². The van der Waals surface area contributed by atoms with Crippen LogP contribution in [0.15, 0.2) is 65.7 Å². The van der Waals surface area contributed by atoms with E-state index >= 15 is 0 Å². The van der Waals surface area contributed by atoms with Crippen molar-refractivity contribution in [2.24, 2.45) is 4.99 Å². The molecule has 6 heteroatoms. The number of nitrogens with one attached hydrogen (secondary N) is 1. The molecule has 2 aromatic rings. The fraction of sp³-hybridized carbons (Fsp3) is 0. The predicted molar refractivity (Wildman–Crippen MR) is 104 cm³/mol. The Bertz CT molecular complexity index is 811. The number of hydrogen-bond donors (Lipinski definition) is 1. The number of hydrogen-bond acceptors (Lipinski definition) is 3. The average Bonchev–Trinajstić information content (AvgIpc) is 3.07. The molecule has 2 aliphatic rings. The second-order valence-electron chi connectivity index (χ2n) is 4.66. The molecular formula is C16H11ClN2S3. The summed E-state index contributed by atoms with van der Waals surface area (Å²) in [7, 11) is 3.75. The van der Waals surface area contributed by atoms with E-state index in [4.69, 9.17) is 11.6 Å². The molecule has 0 spiro atoms. The molecule has 0 aromatic heterocycles. The molecule has 4 rings (SSSR count). The van der Waals surface area contributed by atoms with E-state index in [1.165, 1.54) is 15.5 Å². The zero-order chi connectivity index (χ0) is 14.9. The van der Waals surface area contributed by atoms with Crippen LogP contribution in [0, 0.1) is 0 Å². The lowest BCUT2D eigenvalue weighted by Gasteiger charge is -2.05. The number of para-hydroxylation sites is 1. The Morgan fingerprint density at radius 3 is 2.45 bits per heavy atom. The highest BCUT2D eigenvalue weighted by Gasteiger charge is 2.26. The molecule has 0 saturated carbocycles. The fourth-order valence-corrected chi connectivity index (χ4v) is 8.25. The molecule has 0 radical (unpaired) electrons. The maximum atomic E-state index is 5.95. The average molecular weight is 363 g/mol. The van der Waals surface area contributed by atoms with Crippen LogP contribution >= 0.6 is 41.7 Å². The maximum Gasteiger partial charge on any atom is 0.177 e. The SMILES string of the molecule is Clc1ccc(C2=CC3=S(S2)SC(=Nc2ccccc2)N3)cc1. The standard InChI is InChI=1S/C16H11ClN2S3/c17-12-8-6-11(7-9-12)14-10-15-19-16(21-22(15)20-14)18-13-4-2-1-3-5-13/h1-10H,(H,18,19). The number of aliphatic imine (C=N–C) groups is 1. The minimum absolute atomic E-state index is 0.0750. The van der Waals surface area contributed by atoms with Crippen molar-refractivity contribution in [2.75, 3.05) is 0 Å². The smallest absolute Gasteiger partial charge is 0.177 e. The highest BCUT2D eigenvalue weighted by molar-refractivity contribution is 9.20. The first-order chi connectivity index (χ1) is 10.8. The summed E-state index contributed by atoms with van der Waals surface area (Å²) in [6.07, 6.45) is 2.22. The van der Waals surface area contributed by atoms with Crippen LogP contribution in [-0.2, 0) is 0 Å². The fourth-order valence-electron chi connectivity index (χ4n) is 2.07. The summed E-state index contributed by atoms with van der Waals surface area (Å²) in [6, 6.07) is 18.0. The van der Waals surface area contributed by atoms with Gasteiger partial charge >= 0.3 is 0 Å². The van der Waals surface area contributed by atoms with Gasteiger partial charge in [0.2, 0.25) is 0 Å². The van der Waals surface area contributed by atoms with Crippen molar-refractivity contribution in [2.45, 2.75) is 0 Å². The van der Waals surface area contributed by atoms with Gasteiger partial charge in [-0.05, 0) is 55.2 Å².